The molecule has 0 aliphatic rings. The van der Waals surface area contributed by atoms with Crippen molar-refractivity contribution in [2.75, 3.05) is 7.11 Å². The minimum atomic E-state index is -0.145. The first-order valence-electron chi connectivity index (χ1n) is 7.09. The monoisotopic (exact) mass is 289 g/mol. The molecule has 0 saturated carbocycles. The number of hydrazine groups is 1. The molecule has 0 aliphatic heterocycles. The van der Waals surface area contributed by atoms with Crippen LogP contribution in [0.2, 0.25) is 0 Å². The Labute approximate surface area is 125 Å². The molecule has 0 bridgehead atoms. The van der Waals surface area contributed by atoms with Gasteiger partial charge in [0.05, 0.1) is 12.1 Å². The van der Waals surface area contributed by atoms with E-state index in [1.54, 1.807) is 13.4 Å². The minimum absolute atomic E-state index is 0.0842. The summed E-state index contributed by atoms with van der Waals surface area (Å²) in [5.41, 5.74) is 3.93. The zero-order chi connectivity index (χ0) is 15.2. The summed E-state index contributed by atoms with van der Waals surface area (Å²) in [5, 5.41) is 4.26. The van der Waals surface area contributed by atoms with Gasteiger partial charge in [-0.2, -0.15) is 5.10 Å². The Kier molecular flexibility index (Phi) is 5.44. The molecule has 2 unspecified atom stereocenters. The Morgan fingerprint density at radius 1 is 1.29 bits per heavy atom. The molecular formula is C15H23N5O. The van der Waals surface area contributed by atoms with E-state index in [2.05, 4.69) is 29.4 Å². The van der Waals surface area contributed by atoms with Crippen LogP contribution in [0.25, 0.3) is 0 Å². The maximum Gasteiger partial charge on any atom is 0.138 e. The van der Waals surface area contributed by atoms with E-state index in [4.69, 9.17) is 10.6 Å². The number of nitrogens with one attached hydrogen (secondary N) is 1. The van der Waals surface area contributed by atoms with Crippen molar-refractivity contribution in [3.05, 3.63) is 48.0 Å². The molecule has 6 heteroatoms. The van der Waals surface area contributed by atoms with Crippen molar-refractivity contribution in [1.82, 2.24) is 20.2 Å². The van der Waals surface area contributed by atoms with E-state index in [0.29, 0.717) is 6.42 Å². The molecule has 114 valence electrons. The first kappa shape index (κ1) is 15.6. The van der Waals surface area contributed by atoms with Gasteiger partial charge in [0.25, 0.3) is 0 Å². The van der Waals surface area contributed by atoms with Crippen molar-refractivity contribution in [3.8, 4) is 0 Å². The van der Waals surface area contributed by atoms with E-state index in [1.165, 1.54) is 0 Å². The van der Waals surface area contributed by atoms with Gasteiger partial charge in [-0.25, -0.2) is 9.67 Å². The highest BCUT2D eigenvalue weighted by atomic mass is 16.5. The van der Waals surface area contributed by atoms with Crippen molar-refractivity contribution in [2.45, 2.75) is 38.5 Å². The van der Waals surface area contributed by atoms with Gasteiger partial charge in [-0.3, -0.25) is 11.3 Å². The average molecular weight is 289 g/mol. The molecule has 2 aromatic rings. The summed E-state index contributed by atoms with van der Waals surface area (Å²) in [4.78, 5) is 4.34. The number of benzene rings is 1. The summed E-state index contributed by atoms with van der Waals surface area (Å²) in [6.07, 6.45) is 2.07. The summed E-state index contributed by atoms with van der Waals surface area (Å²) >= 11 is 0. The fourth-order valence-corrected chi connectivity index (χ4v) is 2.48. The van der Waals surface area contributed by atoms with Crippen LogP contribution in [0.4, 0.5) is 0 Å². The second kappa shape index (κ2) is 7.31. The highest BCUT2D eigenvalue weighted by Crippen LogP contribution is 2.22. The van der Waals surface area contributed by atoms with Gasteiger partial charge in [-0.15, -0.1) is 0 Å². The number of hydrogen-bond donors (Lipinski definition) is 2. The molecule has 0 fully saturated rings. The zero-order valence-corrected chi connectivity index (χ0v) is 12.7. The minimum Gasteiger partial charge on any atom is -0.375 e. The van der Waals surface area contributed by atoms with Crippen LogP contribution in [-0.2, 0) is 11.2 Å². The first-order chi connectivity index (χ1) is 10.2. The van der Waals surface area contributed by atoms with Crippen molar-refractivity contribution in [3.63, 3.8) is 0 Å². The van der Waals surface area contributed by atoms with Gasteiger partial charge in [0, 0.05) is 19.6 Å². The van der Waals surface area contributed by atoms with Crippen molar-refractivity contribution in [2.24, 2.45) is 5.84 Å². The number of aromatic nitrogens is 3. The van der Waals surface area contributed by atoms with Crippen molar-refractivity contribution < 1.29 is 4.74 Å². The van der Waals surface area contributed by atoms with E-state index < -0.39 is 0 Å². The molecule has 21 heavy (non-hydrogen) atoms. The van der Waals surface area contributed by atoms with Gasteiger partial charge in [-0.1, -0.05) is 30.3 Å². The number of methoxy groups -OCH3 is 1. The number of rotatable bonds is 7. The van der Waals surface area contributed by atoms with Gasteiger partial charge < -0.3 is 4.74 Å². The Hall–Kier alpha value is -1.76. The lowest BCUT2D eigenvalue weighted by Gasteiger charge is -2.26. The molecule has 0 spiro atoms. The number of nitrogens with zero attached hydrogens (tertiary/aromatic N) is 3. The quantitative estimate of drug-likeness (QED) is 0.598. The Balaban J connectivity index is 2.20. The van der Waals surface area contributed by atoms with Crippen LogP contribution in [0.15, 0.2) is 36.7 Å². The third-order valence-corrected chi connectivity index (χ3v) is 3.50. The molecule has 0 amide bonds. The van der Waals surface area contributed by atoms with E-state index in [-0.39, 0.29) is 18.2 Å². The van der Waals surface area contributed by atoms with Crippen molar-refractivity contribution in [1.29, 1.82) is 0 Å². The number of nitrogens with two attached hydrogens (primary N) is 1. The van der Waals surface area contributed by atoms with Crippen LogP contribution in [0.3, 0.4) is 0 Å². The standard InChI is InChI=1S/C15H23N5O/c1-11(2)20-14(17-10-18-20)9-13(19-16)15(21-3)12-7-5-4-6-8-12/h4-8,10-11,13,15,19H,9,16H2,1-3H3. The van der Waals surface area contributed by atoms with E-state index in [1.807, 2.05) is 35.0 Å². The highest BCUT2D eigenvalue weighted by Gasteiger charge is 2.24. The Bertz CT molecular complexity index is 540. The van der Waals surface area contributed by atoms with Crippen LogP contribution in [0, 0.1) is 0 Å². The van der Waals surface area contributed by atoms with Crippen LogP contribution in [-0.4, -0.2) is 27.9 Å². The lowest BCUT2D eigenvalue weighted by Crippen LogP contribution is -2.42. The lowest BCUT2D eigenvalue weighted by molar-refractivity contribution is 0.0667. The average Bonchev–Trinajstić information content (AvgIpc) is 2.96. The molecule has 1 aromatic heterocycles. The maximum atomic E-state index is 5.74. The zero-order valence-electron chi connectivity index (χ0n) is 12.7. The Morgan fingerprint density at radius 3 is 2.57 bits per heavy atom. The highest BCUT2D eigenvalue weighted by molar-refractivity contribution is 5.19. The third kappa shape index (κ3) is 3.66. The molecule has 1 aromatic carbocycles. The second-order valence-corrected chi connectivity index (χ2v) is 5.26. The van der Waals surface area contributed by atoms with Gasteiger partial charge in [0.15, 0.2) is 0 Å². The fraction of sp³-hybridized carbons (Fsp3) is 0.467. The van der Waals surface area contributed by atoms with Gasteiger partial charge in [0.1, 0.15) is 12.2 Å². The van der Waals surface area contributed by atoms with Gasteiger partial charge >= 0.3 is 0 Å². The maximum absolute atomic E-state index is 5.74. The smallest absolute Gasteiger partial charge is 0.138 e. The number of ether oxygens (including phenoxy) is 1. The molecule has 2 atom stereocenters. The normalized spacial score (nSPS) is 14.3. The molecular weight excluding hydrogens is 266 g/mol. The summed E-state index contributed by atoms with van der Waals surface area (Å²) < 4.78 is 7.54. The molecule has 3 N–H and O–H groups in total. The van der Waals surface area contributed by atoms with Gasteiger partial charge in [0.2, 0.25) is 0 Å². The topological polar surface area (TPSA) is 78.0 Å². The molecule has 0 saturated heterocycles. The summed E-state index contributed by atoms with van der Waals surface area (Å²) in [5.74, 6) is 6.64. The van der Waals surface area contributed by atoms with E-state index in [0.717, 1.165) is 11.4 Å². The SMILES string of the molecule is COC(c1ccccc1)C(Cc1ncnn1C(C)C)NN. The van der Waals surface area contributed by atoms with Crippen molar-refractivity contribution >= 4 is 0 Å². The molecule has 0 aliphatic carbocycles. The molecule has 1 heterocycles. The van der Waals surface area contributed by atoms with Crippen LogP contribution >= 0.6 is 0 Å². The predicted molar refractivity (Wildman–Crippen MR) is 81.4 cm³/mol. The summed E-state index contributed by atoms with van der Waals surface area (Å²) in [7, 11) is 1.69. The first-order valence-corrected chi connectivity index (χ1v) is 7.09. The summed E-state index contributed by atoms with van der Waals surface area (Å²) in [6, 6.07) is 10.2. The van der Waals surface area contributed by atoms with Crippen LogP contribution < -0.4 is 11.3 Å². The van der Waals surface area contributed by atoms with Crippen LogP contribution in [0.1, 0.15) is 37.4 Å². The van der Waals surface area contributed by atoms with E-state index in [9.17, 15) is 0 Å². The molecule has 2 rings (SSSR count). The largest absolute Gasteiger partial charge is 0.375 e. The predicted octanol–water partition coefficient (Wildman–Crippen LogP) is 1.62. The fourth-order valence-electron chi connectivity index (χ4n) is 2.48. The molecule has 6 nitrogen and oxygen atoms in total. The lowest BCUT2D eigenvalue weighted by atomic mass is 9.99. The van der Waals surface area contributed by atoms with E-state index >= 15 is 0 Å². The Morgan fingerprint density at radius 2 is 2.00 bits per heavy atom. The third-order valence-electron chi connectivity index (χ3n) is 3.50. The second-order valence-electron chi connectivity index (χ2n) is 5.26. The molecule has 0 radical (unpaired) electrons. The van der Waals surface area contributed by atoms with Crippen LogP contribution in [0.5, 0.6) is 0 Å². The summed E-state index contributed by atoms with van der Waals surface area (Å²) in [6.45, 7) is 4.15. The van der Waals surface area contributed by atoms with Gasteiger partial charge in [-0.05, 0) is 19.4 Å². The number of hydrogen-bond acceptors (Lipinski definition) is 5.